The Kier molecular flexibility index (Phi) is 17.0. The average molecular weight is 546 g/mol. The van der Waals surface area contributed by atoms with Gasteiger partial charge in [-0.3, -0.25) is 4.90 Å². The minimum atomic E-state index is -1.85. The molecule has 0 aliphatic heterocycles. The molecule has 0 spiro atoms. The number of hydrogen-bond acceptors (Lipinski definition) is 13. The lowest BCUT2D eigenvalue weighted by Crippen LogP contribution is -2.53. The van der Waals surface area contributed by atoms with E-state index in [1.165, 1.54) is 4.90 Å². The summed E-state index contributed by atoms with van der Waals surface area (Å²) in [5.74, 6) is 0. The smallest absolute Gasteiger partial charge is 0.111 e. The van der Waals surface area contributed by atoms with Crippen LogP contribution in [0.3, 0.4) is 0 Å². The molecule has 37 heavy (non-hydrogen) atoms. The van der Waals surface area contributed by atoms with Gasteiger partial charge < -0.3 is 60.5 Å². The first-order chi connectivity index (χ1) is 17.0. The van der Waals surface area contributed by atoms with Crippen LogP contribution in [0.4, 0.5) is 0 Å². The van der Waals surface area contributed by atoms with Gasteiger partial charge in [0.2, 0.25) is 0 Å². The molecule has 10 N–H and O–H groups in total. The van der Waals surface area contributed by atoms with Gasteiger partial charge in [0.1, 0.15) is 36.6 Å². The van der Waals surface area contributed by atoms with Crippen LogP contribution in [0.1, 0.15) is 47.5 Å². The van der Waals surface area contributed by atoms with Crippen molar-refractivity contribution in [3.05, 3.63) is 0 Å². The third-order valence-corrected chi connectivity index (χ3v) is 6.49. The lowest BCUT2D eigenvalue weighted by atomic mass is 10.0. The molecule has 0 fully saturated rings. The predicted octanol–water partition coefficient (Wildman–Crippen LogP) is -3.45. The molecule has 0 saturated heterocycles. The van der Waals surface area contributed by atoms with E-state index in [4.69, 9.17) is 19.7 Å². The number of hydrogen-bond donors (Lipinski definition) is 10. The quantitative estimate of drug-likeness (QED) is 0.0678. The summed E-state index contributed by atoms with van der Waals surface area (Å²) in [4.78, 5) is 1.39. The fraction of sp³-hybridized carbons (Fsp3) is 1.00. The maximum Gasteiger partial charge on any atom is 0.111 e. The molecule has 0 heterocycles. The van der Waals surface area contributed by atoms with Gasteiger partial charge in [-0.1, -0.05) is 6.92 Å². The molecule has 0 aliphatic rings. The number of ether oxygens (including phenoxy) is 2. The maximum absolute atomic E-state index is 10.4. The first-order valence-corrected chi connectivity index (χ1v) is 12.7. The summed E-state index contributed by atoms with van der Waals surface area (Å²) >= 11 is 0. The summed E-state index contributed by atoms with van der Waals surface area (Å²) in [7, 11) is 0. The zero-order chi connectivity index (χ0) is 29.0. The van der Waals surface area contributed by atoms with Crippen molar-refractivity contribution in [2.45, 2.75) is 107 Å². The Morgan fingerprint density at radius 1 is 0.595 bits per heavy atom. The molecule has 224 valence electrons. The Morgan fingerprint density at radius 2 is 0.973 bits per heavy atom. The monoisotopic (exact) mass is 545 g/mol. The van der Waals surface area contributed by atoms with E-state index in [9.17, 15) is 40.9 Å². The number of aliphatic hydroxyl groups is 10. The second-order valence-corrected chi connectivity index (χ2v) is 10.7. The first kappa shape index (κ1) is 36.5. The van der Waals surface area contributed by atoms with Gasteiger partial charge in [-0.15, -0.1) is 0 Å². The fourth-order valence-corrected chi connectivity index (χ4v) is 3.33. The molecule has 13 nitrogen and oxygen atoms in total. The molecule has 0 rings (SSSR count). The van der Waals surface area contributed by atoms with E-state index in [1.807, 2.05) is 34.6 Å². The van der Waals surface area contributed by atoms with Crippen molar-refractivity contribution in [2.75, 3.05) is 46.1 Å². The van der Waals surface area contributed by atoms with E-state index in [1.54, 1.807) is 0 Å². The van der Waals surface area contributed by atoms with Gasteiger partial charge >= 0.3 is 0 Å². The standard InChI is InChI=1S/C24H51NO12/c1-6-23(2,3)36-9-7-24(4,5)37-10-8-25(11-15(28)19(32)21(34)17(30)13-26)12-16(29)20(33)22(35)18(31)14-27/h15-22,26-35H,6-14H2,1-5H3/t15-,16-,17+,18+,19+,20+,21+,22+/m0/s1. The summed E-state index contributed by atoms with van der Waals surface area (Å²) in [5, 5.41) is 97.9. The lowest BCUT2D eigenvalue weighted by Gasteiger charge is -2.34. The van der Waals surface area contributed by atoms with Crippen molar-refractivity contribution >= 4 is 0 Å². The van der Waals surface area contributed by atoms with E-state index in [-0.39, 0.29) is 31.8 Å². The zero-order valence-electron chi connectivity index (χ0n) is 22.7. The van der Waals surface area contributed by atoms with Crippen LogP contribution in [0, 0.1) is 0 Å². The van der Waals surface area contributed by atoms with Crippen LogP contribution in [0.2, 0.25) is 0 Å². The molecular formula is C24H51NO12. The number of aliphatic hydroxyl groups excluding tert-OH is 10. The third kappa shape index (κ3) is 13.9. The van der Waals surface area contributed by atoms with Gasteiger partial charge in [-0.05, 0) is 40.5 Å². The molecular weight excluding hydrogens is 494 g/mol. The SMILES string of the molecule is CCC(C)(C)OCCC(C)(C)OCCN(C[C@H](O)[C@@H](O)[C@H](O)[C@H](O)CO)C[C@H](O)[C@@H](O)[C@H](O)[C@H](O)CO. The molecule has 0 aliphatic carbocycles. The Labute approximate surface area is 219 Å². The Morgan fingerprint density at radius 3 is 1.35 bits per heavy atom. The first-order valence-electron chi connectivity index (χ1n) is 12.7. The summed E-state index contributed by atoms with van der Waals surface area (Å²) < 4.78 is 11.8. The van der Waals surface area contributed by atoms with Crippen molar-refractivity contribution < 1.29 is 60.5 Å². The van der Waals surface area contributed by atoms with Gasteiger partial charge in [-0.25, -0.2) is 0 Å². The minimum absolute atomic E-state index is 0.0790. The van der Waals surface area contributed by atoms with Crippen molar-refractivity contribution in [1.29, 1.82) is 0 Å². The molecule has 0 aromatic rings. The molecule has 0 amide bonds. The van der Waals surface area contributed by atoms with Crippen molar-refractivity contribution in [1.82, 2.24) is 4.90 Å². The molecule has 0 aromatic heterocycles. The Hall–Kier alpha value is -0.520. The van der Waals surface area contributed by atoms with Gasteiger partial charge in [-0.2, -0.15) is 0 Å². The highest BCUT2D eigenvalue weighted by molar-refractivity contribution is 4.86. The highest BCUT2D eigenvalue weighted by Crippen LogP contribution is 2.19. The van der Waals surface area contributed by atoms with Crippen LogP contribution in [0.25, 0.3) is 0 Å². The minimum Gasteiger partial charge on any atom is -0.394 e. The summed E-state index contributed by atoms with van der Waals surface area (Å²) in [6, 6.07) is 0. The second-order valence-electron chi connectivity index (χ2n) is 10.7. The Balaban J connectivity index is 5.24. The van der Waals surface area contributed by atoms with Crippen LogP contribution in [-0.4, -0.2) is 162 Å². The van der Waals surface area contributed by atoms with Crippen LogP contribution in [0.5, 0.6) is 0 Å². The molecule has 8 atom stereocenters. The van der Waals surface area contributed by atoms with E-state index >= 15 is 0 Å². The second kappa shape index (κ2) is 17.2. The van der Waals surface area contributed by atoms with Crippen LogP contribution < -0.4 is 0 Å². The number of nitrogens with zero attached hydrogens (tertiary/aromatic N) is 1. The molecule has 0 unspecified atom stereocenters. The fourth-order valence-electron chi connectivity index (χ4n) is 3.33. The average Bonchev–Trinajstić information content (AvgIpc) is 2.84. The summed E-state index contributed by atoms with van der Waals surface area (Å²) in [5.41, 5.74) is -0.849. The molecule has 13 heteroatoms. The number of rotatable bonds is 21. The highest BCUT2D eigenvalue weighted by atomic mass is 16.5. The maximum atomic E-state index is 10.4. The molecule has 0 saturated carbocycles. The van der Waals surface area contributed by atoms with Crippen LogP contribution in [-0.2, 0) is 9.47 Å². The van der Waals surface area contributed by atoms with Gasteiger partial charge in [0.15, 0.2) is 0 Å². The molecule has 0 bridgehead atoms. The zero-order valence-corrected chi connectivity index (χ0v) is 22.7. The van der Waals surface area contributed by atoms with Crippen molar-refractivity contribution in [3.8, 4) is 0 Å². The Bertz CT molecular complexity index is 566. The van der Waals surface area contributed by atoms with E-state index in [0.717, 1.165) is 6.42 Å². The topological polar surface area (TPSA) is 224 Å². The lowest BCUT2D eigenvalue weighted by molar-refractivity contribution is -0.133. The van der Waals surface area contributed by atoms with Gasteiger partial charge in [0.05, 0.1) is 49.8 Å². The summed E-state index contributed by atoms with van der Waals surface area (Å²) in [6.45, 7) is 8.01. The van der Waals surface area contributed by atoms with E-state index in [0.29, 0.717) is 13.0 Å². The predicted molar refractivity (Wildman–Crippen MR) is 134 cm³/mol. The van der Waals surface area contributed by atoms with E-state index < -0.39 is 67.6 Å². The molecule has 0 aromatic carbocycles. The van der Waals surface area contributed by atoms with E-state index in [2.05, 4.69) is 0 Å². The van der Waals surface area contributed by atoms with Crippen LogP contribution >= 0.6 is 0 Å². The van der Waals surface area contributed by atoms with Gasteiger partial charge in [0.25, 0.3) is 0 Å². The third-order valence-electron chi connectivity index (χ3n) is 6.49. The highest BCUT2D eigenvalue weighted by Gasteiger charge is 2.34. The summed E-state index contributed by atoms with van der Waals surface area (Å²) in [6.07, 6.45) is -12.6. The van der Waals surface area contributed by atoms with Crippen molar-refractivity contribution in [3.63, 3.8) is 0 Å². The van der Waals surface area contributed by atoms with Crippen molar-refractivity contribution in [2.24, 2.45) is 0 Å². The largest absolute Gasteiger partial charge is 0.394 e. The van der Waals surface area contributed by atoms with Crippen LogP contribution in [0.15, 0.2) is 0 Å². The van der Waals surface area contributed by atoms with Gasteiger partial charge in [0, 0.05) is 19.6 Å². The molecule has 0 radical (unpaired) electrons. The normalized spacial score (nSPS) is 19.8.